The SMILES string of the molecule is CN=CC(=CN)c1ccc(C2CCN(C(=O)c3ccc(C)c(NC(=O)C4CCNC4)c3)CC2)cc1. The predicted molar refractivity (Wildman–Crippen MR) is 142 cm³/mol. The number of rotatable bonds is 6. The van der Waals surface area contributed by atoms with Crippen LogP contribution in [-0.2, 0) is 4.79 Å². The Morgan fingerprint density at radius 3 is 2.43 bits per heavy atom. The van der Waals surface area contributed by atoms with E-state index < -0.39 is 0 Å². The van der Waals surface area contributed by atoms with Crippen LogP contribution in [0.5, 0.6) is 0 Å². The van der Waals surface area contributed by atoms with Gasteiger partial charge in [-0.05, 0) is 67.5 Å². The number of hydrogen-bond acceptors (Lipinski definition) is 5. The van der Waals surface area contributed by atoms with Crippen LogP contribution >= 0.6 is 0 Å². The lowest BCUT2D eigenvalue weighted by molar-refractivity contribution is -0.119. The first-order valence-corrected chi connectivity index (χ1v) is 12.4. The van der Waals surface area contributed by atoms with Gasteiger partial charge in [-0.2, -0.15) is 0 Å². The highest BCUT2D eigenvalue weighted by molar-refractivity contribution is 6.09. The molecule has 2 aromatic carbocycles. The van der Waals surface area contributed by atoms with Gasteiger partial charge in [0.1, 0.15) is 0 Å². The van der Waals surface area contributed by atoms with Crippen molar-refractivity contribution in [1.29, 1.82) is 0 Å². The Hall–Kier alpha value is -3.45. The molecule has 2 saturated heterocycles. The van der Waals surface area contributed by atoms with Crippen molar-refractivity contribution in [2.24, 2.45) is 16.6 Å². The average Bonchev–Trinajstić information content (AvgIpc) is 3.44. The molecule has 2 heterocycles. The number of aryl methyl sites for hydroxylation is 1. The molecule has 4 rings (SSSR count). The molecule has 1 atom stereocenters. The first kappa shape index (κ1) is 24.7. The molecule has 4 N–H and O–H groups in total. The maximum Gasteiger partial charge on any atom is 0.253 e. The number of likely N-dealkylation sites (tertiary alicyclic amines) is 1. The number of anilines is 1. The Labute approximate surface area is 207 Å². The maximum atomic E-state index is 13.2. The first-order valence-electron chi connectivity index (χ1n) is 12.4. The van der Waals surface area contributed by atoms with E-state index in [1.807, 2.05) is 30.0 Å². The summed E-state index contributed by atoms with van der Waals surface area (Å²) < 4.78 is 0. The number of aliphatic imine (C=N–C) groups is 1. The van der Waals surface area contributed by atoms with Gasteiger partial charge in [0.2, 0.25) is 5.91 Å². The molecule has 7 nitrogen and oxygen atoms in total. The molecule has 35 heavy (non-hydrogen) atoms. The molecule has 0 radical (unpaired) electrons. The fourth-order valence-electron chi connectivity index (χ4n) is 4.90. The fourth-order valence-corrected chi connectivity index (χ4v) is 4.90. The van der Waals surface area contributed by atoms with Gasteiger partial charge in [-0.15, -0.1) is 0 Å². The second-order valence-corrected chi connectivity index (χ2v) is 9.41. The molecule has 0 saturated carbocycles. The third-order valence-corrected chi connectivity index (χ3v) is 7.12. The number of nitrogens with zero attached hydrogens (tertiary/aromatic N) is 2. The van der Waals surface area contributed by atoms with Crippen LogP contribution in [0, 0.1) is 12.8 Å². The Balaban J connectivity index is 1.37. The van der Waals surface area contributed by atoms with E-state index in [1.54, 1.807) is 19.5 Å². The highest BCUT2D eigenvalue weighted by Crippen LogP contribution is 2.30. The van der Waals surface area contributed by atoms with E-state index in [9.17, 15) is 9.59 Å². The summed E-state index contributed by atoms with van der Waals surface area (Å²) in [6, 6.07) is 14.1. The highest BCUT2D eigenvalue weighted by Gasteiger charge is 2.26. The molecule has 1 unspecified atom stereocenters. The number of carbonyl (C=O) groups is 2. The normalized spacial score (nSPS) is 19.3. The van der Waals surface area contributed by atoms with Crippen LogP contribution in [0.1, 0.15) is 52.2 Å². The summed E-state index contributed by atoms with van der Waals surface area (Å²) in [5.74, 6) is 0.449. The molecule has 2 aliphatic heterocycles. The van der Waals surface area contributed by atoms with E-state index in [0.717, 1.165) is 48.2 Å². The van der Waals surface area contributed by atoms with Crippen molar-refractivity contribution in [3.05, 3.63) is 70.9 Å². The van der Waals surface area contributed by atoms with Crippen molar-refractivity contribution >= 4 is 29.3 Å². The zero-order valence-corrected chi connectivity index (χ0v) is 20.6. The first-order chi connectivity index (χ1) is 17.0. The topological polar surface area (TPSA) is 99.8 Å². The number of carbonyl (C=O) groups excluding carboxylic acids is 2. The number of piperidine rings is 1. The number of nitrogens with two attached hydrogens (primary N) is 1. The molecule has 2 amide bonds. The monoisotopic (exact) mass is 473 g/mol. The van der Waals surface area contributed by atoms with Gasteiger partial charge in [-0.1, -0.05) is 30.3 Å². The van der Waals surface area contributed by atoms with E-state index in [1.165, 1.54) is 5.56 Å². The second-order valence-electron chi connectivity index (χ2n) is 9.41. The van der Waals surface area contributed by atoms with Crippen molar-refractivity contribution in [1.82, 2.24) is 10.2 Å². The van der Waals surface area contributed by atoms with Crippen molar-refractivity contribution in [3.8, 4) is 0 Å². The number of amides is 2. The van der Waals surface area contributed by atoms with Crippen LogP contribution in [0.25, 0.3) is 5.57 Å². The van der Waals surface area contributed by atoms with Gasteiger partial charge in [-0.25, -0.2) is 0 Å². The van der Waals surface area contributed by atoms with E-state index in [-0.39, 0.29) is 17.7 Å². The van der Waals surface area contributed by atoms with E-state index in [2.05, 4.69) is 39.9 Å². The van der Waals surface area contributed by atoms with Crippen LogP contribution < -0.4 is 16.4 Å². The molecule has 0 bridgehead atoms. The lowest BCUT2D eigenvalue weighted by Gasteiger charge is -2.32. The Bertz CT molecular complexity index is 1110. The standard InChI is InChI=1S/C28H35N5O2/c1-19-3-4-23(15-26(19)32-27(34)24-9-12-31-18-24)28(35)33-13-10-22(11-14-33)20-5-7-21(8-6-20)25(16-29)17-30-2/h3-8,15-17,22,24,31H,9-14,18,29H2,1-2H3,(H,32,34). The summed E-state index contributed by atoms with van der Waals surface area (Å²) in [5.41, 5.74) is 11.2. The van der Waals surface area contributed by atoms with Gasteiger partial charge in [0.15, 0.2) is 0 Å². The van der Waals surface area contributed by atoms with Crippen molar-refractivity contribution in [2.75, 3.05) is 38.5 Å². The van der Waals surface area contributed by atoms with Crippen LogP contribution in [0.3, 0.4) is 0 Å². The zero-order chi connectivity index (χ0) is 24.8. The largest absolute Gasteiger partial charge is 0.404 e. The molecule has 184 valence electrons. The van der Waals surface area contributed by atoms with Gasteiger partial charge in [0.25, 0.3) is 5.91 Å². The van der Waals surface area contributed by atoms with Gasteiger partial charge in [0, 0.05) is 55.9 Å². The fraction of sp³-hybridized carbons (Fsp3) is 0.393. The van der Waals surface area contributed by atoms with Crippen LogP contribution in [-0.4, -0.2) is 56.2 Å². The third kappa shape index (κ3) is 5.80. The smallest absolute Gasteiger partial charge is 0.253 e. The van der Waals surface area contributed by atoms with E-state index in [4.69, 9.17) is 5.73 Å². The molecule has 0 spiro atoms. The molecular weight excluding hydrogens is 438 g/mol. The highest BCUT2D eigenvalue weighted by atomic mass is 16.2. The summed E-state index contributed by atoms with van der Waals surface area (Å²) >= 11 is 0. The van der Waals surface area contributed by atoms with Crippen molar-refractivity contribution < 1.29 is 9.59 Å². The minimum atomic E-state index is -0.0143. The third-order valence-electron chi connectivity index (χ3n) is 7.12. The maximum absolute atomic E-state index is 13.2. The number of hydrogen-bond donors (Lipinski definition) is 3. The Morgan fingerprint density at radius 1 is 1.09 bits per heavy atom. The summed E-state index contributed by atoms with van der Waals surface area (Å²) in [7, 11) is 1.73. The molecule has 0 aromatic heterocycles. The van der Waals surface area contributed by atoms with Gasteiger partial charge in [0.05, 0.1) is 5.92 Å². The minimum absolute atomic E-state index is 0.0143. The summed E-state index contributed by atoms with van der Waals surface area (Å²) in [4.78, 5) is 31.8. The molecule has 2 aromatic rings. The van der Waals surface area contributed by atoms with Gasteiger partial charge >= 0.3 is 0 Å². The number of allylic oxidation sites excluding steroid dienone is 1. The summed E-state index contributed by atoms with van der Waals surface area (Å²) in [5, 5.41) is 6.26. The molecule has 2 aliphatic rings. The number of nitrogens with one attached hydrogen (secondary N) is 2. The summed E-state index contributed by atoms with van der Waals surface area (Å²) in [6.45, 7) is 4.96. The zero-order valence-electron chi connectivity index (χ0n) is 20.6. The molecule has 7 heteroatoms. The van der Waals surface area contributed by atoms with E-state index in [0.29, 0.717) is 31.1 Å². The molecule has 2 fully saturated rings. The summed E-state index contributed by atoms with van der Waals surface area (Å²) in [6.07, 6.45) is 6.02. The van der Waals surface area contributed by atoms with Crippen LogP contribution in [0.15, 0.2) is 53.7 Å². The second kappa shape index (κ2) is 11.3. The van der Waals surface area contributed by atoms with Crippen molar-refractivity contribution in [3.63, 3.8) is 0 Å². The lowest BCUT2D eigenvalue weighted by Crippen LogP contribution is -2.38. The van der Waals surface area contributed by atoms with E-state index >= 15 is 0 Å². The minimum Gasteiger partial charge on any atom is -0.404 e. The quantitative estimate of drug-likeness (QED) is 0.559. The lowest BCUT2D eigenvalue weighted by atomic mass is 9.88. The molecular formula is C28H35N5O2. The van der Waals surface area contributed by atoms with Crippen LogP contribution in [0.4, 0.5) is 5.69 Å². The average molecular weight is 474 g/mol. The predicted octanol–water partition coefficient (Wildman–Crippen LogP) is 3.56. The van der Waals surface area contributed by atoms with Crippen molar-refractivity contribution in [2.45, 2.75) is 32.1 Å². The van der Waals surface area contributed by atoms with Crippen LogP contribution in [0.2, 0.25) is 0 Å². The van der Waals surface area contributed by atoms with Gasteiger partial charge < -0.3 is 21.3 Å². The van der Waals surface area contributed by atoms with Gasteiger partial charge in [-0.3, -0.25) is 14.6 Å². The molecule has 0 aliphatic carbocycles. The Kier molecular flexibility index (Phi) is 7.98. The Morgan fingerprint density at radius 2 is 1.80 bits per heavy atom. The number of benzene rings is 2.